The van der Waals surface area contributed by atoms with E-state index >= 15 is 0 Å². The molecule has 0 aliphatic heterocycles. The summed E-state index contributed by atoms with van der Waals surface area (Å²) < 4.78 is 0. The summed E-state index contributed by atoms with van der Waals surface area (Å²) >= 11 is 0. The highest BCUT2D eigenvalue weighted by Gasteiger charge is 2.48. The van der Waals surface area contributed by atoms with Crippen LogP contribution in [0.5, 0.6) is 0 Å². The summed E-state index contributed by atoms with van der Waals surface area (Å²) in [6.45, 7) is 4.17. The molecule has 2 amide bonds. The summed E-state index contributed by atoms with van der Waals surface area (Å²) in [5.41, 5.74) is 2.43. The van der Waals surface area contributed by atoms with E-state index in [4.69, 9.17) is 0 Å². The highest BCUT2D eigenvalue weighted by atomic mass is 16.2. The minimum absolute atomic E-state index is 0.0122. The van der Waals surface area contributed by atoms with E-state index in [1.54, 1.807) is 0 Å². The first-order valence-corrected chi connectivity index (χ1v) is 9.22. The monoisotopic (exact) mass is 312 g/mol. The van der Waals surface area contributed by atoms with Gasteiger partial charge in [0.15, 0.2) is 0 Å². The van der Waals surface area contributed by atoms with Crippen molar-refractivity contribution in [2.45, 2.75) is 58.0 Å². The molecule has 0 saturated heterocycles. The van der Waals surface area contributed by atoms with Crippen molar-refractivity contribution in [2.75, 3.05) is 0 Å². The Morgan fingerprint density at radius 2 is 1.65 bits per heavy atom. The summed E-state index contributed by atoms with van der Waals surface area (Å²) in [7, 11) is 0. The number of aryl methyl sites for hydroxylation is 1. The highest BCUT2D eigenvalue weighted by Crippen LogP contribution is 2.53. The van der Waals surface area contributed by atoms with Crippen LogP contribution in [0.4, 0.5) is 4.79 Å². The summed E-state index contributed by atoms with van der Waals surface area (Å²) in [6, 6.07) is 8.75. The van der Waals surface area contributed by atoms with Gasteiger partial charge in [0.1, 0.15) is 0 Å². The van der Waals surface area contributed by atoms with Crippen molar-refractivity contribution in [2.24, 2.45) is 23.7 Å². The summed E-state index contributed by atoms with van der Waals surface area (Å²) in [4.78, 5) is 12.5. The third-order valence-corrected chi connectivity index (χ3v) is 6.53. The Kier molecular flexibility index (Phi) is 3.82. The van der Waals surface area contributed by atoms with Crippen molar-refractivity contribution in [3.63, 3.8) is 0 Å². The van der Waals surface area contributed by atoms with Gasteiger partial charge in [0.2, 0.25) is 0 Å². The van der Waals surface area contributed by atoms with Gasteiger partial charge in [0.05, 0.1) is 6.04 Å². The normalized spacial score (nSPS) is 35.8. The predicted molar refractivity (Wildman–Crippen MR) is 92.1 cm³/mol. The first kappa shape index (κ1) is 15.0. The molecule has 4 fully saturated rings. The van der Waals surface area contributed by atoms with Crippen LogP contribution in [0.2, 0.25) is 0 Å². The van der Waals surface area contributed by atoms with Gasteiger partial charge < -0.3 is 10.6 Å². The molecule has 0 spiro atoms. The van der Waals surface area contributed by atoms with Gasteiger partial charge in [-0.05, 0) is 80.8 Å². The lowest BCUT2D eigenvalue weighted by molar-refractivity contribution is -0.00950. The van der Waals surface area contributed by atoms with Gasteiger partial charge in [-0.1, -0.05) is 24.3 Å². The van der Waals surface area contributed by atoms with Gasteiger partial charge in [-0.15, -0.1) is 0 Å². The van der Waals surface area contributed by atoms with Crippen LogP contribution in [-0.4, -0.2) is 12.1 Å². The van der Waals surface area contributed by atoms with Crippen LogP contribution in [0.3, 0.4) is 0 Å². The van der Waals surface area contributed by atoms with Crippen molar-refractivity contribution in [1.82, 2.24) is 10.6 Å². The molecule has 4 aliphatic carbocycles. The second-order valence-corrected chi connectivity index (χ2v) is 8.15. The molecule has 23 heavy (non-hydrogen) atoms. The molecule has 1 aromatic carbocycles. The first-order valence-electron chi connectivity index (χ1n) is 9.22. The molecular formula is C20H28N2O. The molecule has 5 rings (SSSR count). The topological polar surface area (TPSA) is 41.1 Å². The molecule has 3 nitrogen and oxygen atoms in total. The zero-order valence-electron chi connectivity index (χ0n) is 14.2. The molecule has 0 heterocycles. The van der Waals surface area contributed by atoms with Crippen LogP contribution in [0.1, 0.15) is 56.2 Å². The maximum absolute atomic E-state index is 12.5. The molecule has 1 aromatic rings. The second-order valence-electron chi connectivity index (χ2n) is 8.15. The Bertz CT molecular complexity index is 569. The average Bonchev–Trinajstić information content (AvgIpc) is 2.50. The van der Waals surface area contributed by atoms with Crippen LogP contribution in [0, 0.1) is 30.6 Å². The number of benzene rings is 1. The van der Waals surface area contributed by atoms with Gasteiger partial charge in [0, 0.05) is 6.04 Å². The maximum atomic E-state index is 12.5. The molecule has 0 aromatic heterocycles. The average molecular weight is 312 g/mol. The van der Waals surface area contributed by atoms with Crippen molar-refractivity contribution in [3.8, 4) is 0 Å². The molecule has 0 radical (unpaired) electrons. The van der Waals surface area contributed by atoms with Gasteiger partial charge in [0.25, 0.3) is 0 Å². The molecule has 3 heteroatoms. The van der Waals surface area contributed by atoms with Crippen LogP contribution < -0.4 is 10.6 Å². The number of hydrogen-bond donors (Lipinski definition) is 2. The fraction of sp³-hybridized carbons (Fsp3) is 0.650. The molecule has 2 N–H and O–H groups in total. The van der Waals surface area contributed by atoms with Crippen molar-refractivity contribution < 1.29 is 4.79 Å². The molecule has 4 bridgehead atoms. The predicted octanol–water partition coefficient (Wildman–Crippen LogP) is 4.18. The largest absolute Gasteiger partial charge is 0.335 e. The summed E-state index contributed by atoms with van der Waals surface area (Å²) in [5.74, 6) is 3.35. The molecule has 4 aliphatic rings. The lowest BCUT2D eigenvalue weighted by Gasteiger charge is -2.54. The van der Waals surface area contributed by atoms with Crippen LogP contribution >= 0.6 is 0 Å². The molecule has 4 saturated carbocycles. The number of rotatable bonds is 3. The Balaban J connectivity index is 1.38. The maximum Gasteiger partial charge on any atom is 0.315 e. The Hall–Kier alpha value is -1.51. The van der Waals surface area contributed by atoms with E-state index < -0.39 is 0 Å². The number of hydrogen-bond acceptors (Lipinski definition) is 1. The van der Waals surface area contributed by atoms with E-state index in [9.17, 15) is 4.79 Å². The number of carbonyl (C=O) groups excluding carboxylic acids is 1. The van der Waals surface area contributed by atoms with Crippen LogP contribution in [0.25, 0.3) is 0 Å². The van der Waals surface area contributed by atoms with Gasteiger partial charge in [-0.3, -0.25) is 0 Å². The van der Waals surface area contributed by atoms with E-state index in [0.29, 0.717) is 6.04 Å². The minimum atomic E-state index is 0.0122. The summed E-state index contributed by atoms with van der Waals surface area (Å²) in [5, 5.41) is 6.48. The first-order chi connectivity index (χ1) is 11.1. The van der Waals surface area contributed by atoms with E-state index in [0.717, 1.165) is 23.7 Å². The quantitative estimate of drug-likeness (QED) is 0.863. The second kappa shape index (κ2) is 5.85. The van der Waals surface area contributed by atoms with Gasteiger partial charge in [-0.25, -0.2) is 4.79 Å². The Morgan fingerprint density at radius 3 is 2.26 bits per heavy atom. The van der Waals surface area contributed by atoms with Crippen molar-refractivity contribution in [3.05, 3.63) is 35.4 Å². The number of carbonyl (C=O) groups is 1. The number of amides is 2. The fourth-order valence-corrected chi connectivity index (χ4v) is 5.70. The van der Waals surface area contributed by atoms with E-state index in [2.05, 4.69) is 36.6 Å². The summed E-state index contributed by atoms with van der Waals surface area (Å²) in [6.07, 6.45) is 6.81. The van der Waals surface area contributed by atoms with Crippen molar-refractivity contribution >= 4 is 6.03 Å². The molecule has 124 valence electrons. The van der Waals surface area contributed by atoms with Gasteiger partial charge >= 0.3 is 6.03 Å². The Morgan fingerprint density at radius 1 is 1.04 bits per heavy atom. The van der Waals surface area contributed by atoms with E-state index in [1.165, 1.54) is 43.2 Å². The zero-order valence-corrected chi connectivity index (χ0v) is 14.2. The fourth-order valence-electron chi connectivity index (χ4n) is 5.70. The lowest BCUT2D eigenvalue weighted by atomic mass is 9.54. The standard InChI is InChI=1S/C20H28N2O/c1-12-5-3-4-6-18(12)13(2)21-20(23)22-19-16-8-14-7-15(10-16)11-17(19)9-14/h3-6,13-17,19H,7-11H2,1-2H3,(H2,21,22,23). The number of urea groups is 1. The SMILES string of the molecule is Cc1ccccc1C(C)NC(=O)NC1C2CC3CC(C2)CC1C3. The zero-order chi connectivity index (χ0) is 16.0. The number of nitrogens with one attached hydrogen (secondary N) is 2. The van der Waals surface area contributed by atoms with E-state index in [1.807, 2.05) is 12.1 Å². The highest BCUT2D eigenvalue weighted by molar-refractivity contribution is 5.75. The van der Waals surface area contributed by atoms with E-state index in [-0.39, 0.29) is 12.1 Å². The Labute approximate surface area is 139 Å². The third kappa shape index (κ3) is 2.86. The molecule has 1 unspecified atom stereocenters. The smallest absolute Gasteiger partial charge is 0.315 e. The van der Waals surface area contributed by atoms with Gasteiger partial charge in [-0.2, -0.15) is 0 Å². The third-order valence-electron chi connectivity index (χ3n) is 6.53. The molecular weight excluding hydrogens is 284 g/mol. The van der Waals surface area contributed by atoms with Crippen molar-refractivity contribution in [1.29, 1.82) is 0 Å². The van der Waals surface area contributed by atoms with Crippen LogP contribution in [-0.2, 0) is 0 Å². The van der Waals surface area contributed by atoms with Crippen LogP contribution in [0.15, 0.2) is 24.3 Å². The lowest BCUT2D eigenvalue weighted by Crippen LogP contribution is -2.57. The minimum Gasteiger partial charge on any atom is -0.335 e. The molecule has 1 atom stereocenters.